The van der Waals surface area contributed by atoms with E-state index in [4.69, 9.17) is 11.5 Å². The second kappa shape index (κ2) is 4.18. The van der Waals surface area contributed by atoms with Gasteiger partial charge in [0, 0.05) is 0 Å². The molecule has 0 aromatic carbocycles. The van der Waals surface area contributed by atoms with E-state index in [0.717, 1.165) is 12.8 Å². The first-order valence-electron chi connectivity index (χ1n) is 4.41. The highest BCUT2D eigenvalue weighted by Crippen LogP contribution is 2.38. The van der Waals surface area contributed by atoms with Crippen LogP contribution in [0.25, 0.3) is 0 Å². The summed E-state index contributed by atoms with van der Waals surface area (Å²) in [5, 5.41) is 0. The molecule has 0 radical (unpaired) electrons. The maximum absolute atomic E-state index is 11.7. The molecule has 0 bridgehead atoms. The van der Waals surface area contributed by atoms with Crippen molar-refractivity contribution < 1.29 is 18.3 Å². The van der Waals surface area contributed by atoms with Crippen molar-refractivity contribution in [3.63, 3.8) is 0 Å². The summed E-state index contributed by atoms with van der Waals surface area (Å²) in [5.41, 5.74) is 9.52. The van der Waals surface area contributed by atoms with Gasteiger partial charge in [0.25, 0.3) is 6.43 Å². The molecule has 0 aliphatic heterocycles. The second-order valence-corrected chi connectivity index (χ2v) is 3.59. The van der Waals surface area contributed by atoms with E-state index in [2.05, 4.69) is 4.74 Å². The number of primary amides is 1. The minimum Gasteiger partial charge on any atom is -0.373 e. The summed E-state index contributed by atoms with van der Waals surface area (Å²) in [6.45, 7) is -0.934. The molecule has 1 rings (SSSR count). The molecule has 1 aliphatic carbocycles. The van der Waals surface area contributed by atoms with E-state index in [1.165, 1.54) is 0 Å². The fourth-order valence-electron chi connectivity index (χ4n) is 1.31. The molecule has 1 unspecified atom stereocenters. The number of rotatable bonds is 6. The fourth-order valence-corrected chi connectivity index (χ4v) is 1.31. The van der Waals surface area contributed by atoms with Gasteiger partial charge < -0.3 is 16.2 Å². The Balaban J connectivity index is 2.40. The van der Waals surface area contributed by atoms with Crippen LogP contribution in [0.5, 0.6) is 0 Å². The first-order valence-corrected chi connectivity index (χ1v) is 4.41. The Labute approximate surface area is 80.6 Å². The van der Waals surface area contributed by atoms with Gasteiger partial charge in [-0.05, 0) is 18.8 Å². The van der Waals surface area contributed by atoms with Crippen molar-refractivity contribution in [3.05, 3.63) is 0 Å². The molecule has 82 valence electrons. The third-order valence-corrected chi connectivity index (χ3v) is 2.35. The van der Waals surface area contributed by atoms with Crippen LogP contribution in [0, 0.1) is 5.92 Å². The van der Waals surface area contributed by atoms with E-state index in [1.807, 2.05) is 0 Å². The highest BCUT2D eigenvalue weighted by molar-refractivity contribution is 5.85. The lowest BCUT2D eigenvalue weighted by molar-refractivity contribution is -0.127. The summed E-state index contributed by atoms with van der Waals surface area (Å²) in [7, 11) is 0. The zero-order valence-electron chi connectivity index (χ0n) is 7.71. The van der Waals surface area contributed by atoms with Crippen LogP contribution in [-0.4, -0.2) is 31.1 Å². The molecule has 14 heavy (non-hydrogen) atoms. The summed E-state index contributed by atoms with van der Waals surface area (Å²) < 4.78 is 28.1. The summed E-state index contributed by atoms with van der Waals surface area (Å²) in [5.74, 6) is -0.702. The van der Waals surface area contributed by atoms with Gasteiger partial charge in [-0.3, -0.25) is 4.79 Å². The Morgan fingerprint density at radius 2 is 2.14 bits per heavy atom. The predicted molar refractivity (Wildman–Crippen MR) is 45.7 cm³/mol. The average molecular weight is 208 g/mol. The maximum atomic E-state index is 11.7. The van der Waals surface area contributed by atoms with Crippen molar-refractivity contribution in [1.82, 2.24) is 0 Å². The van der Waals surface area contributed by atoms with E-state index in [0.29, 0.717) is 0 Å². The zero-order chi connectivity index (χ0) is 10.8. The van der Waals surface area contributed by atoms with E-state index < -0.39 is 24.5 Å². The summed E-state index contributed by atoms with van der Waals surface area (Å²) in [6, 6.07) is 0. The van der Waals surface area contributed by atoms with Crippen molar-refractivity contribution in [3.8, 4) is 0 Å². The van der Waals surface area contributed by atoms with Crippen LogP contribution < -0.4 is 11.5 Å². The number of nitrogens with two attached hydrogens (primary N) is 2. The fraction of sp³-hybridized carbons (Fsp3) is 0.875. The molecule has 1 atom stereocenters. The number of carbonyl (C=O) groups excluding carboxylic acids is 1. The lowest BCUT2D eigenvalue weighted by atomic mass is 9.95. The van der Waals surface area contributed by atoms with Crippen molar-refractivity contribution in [1.29, 1.82) is 0 Å². The van der Waals surface area contributed by atoms with Gasteiger partial charge in [0.1, 0.15) is 12.1 Å². The maximum Gasteiger partial charge on any atom is 0.261 e. The van der Waals surface area contributed by atoms with Gasteiger partial charge >= 0.3 is 0 Å². The Kier molecular flexibility index (Phi) is 3.38. The standard InChI is InChI=1S/C8H14F2N2O2/c9-6(10)3-14-4-8(12,7(11)13)5-1-2-5/h5-6H,1-4,12H2,(H2,11,13). The van der Waals surface area contributed by atoms with Crippen LogP contribution in [0.1, 0.15) is 12.8 Å². The minimum atomic E-state index is -2.55. The molecule has 1 saturated carbocycles. The molecule has 1 amide bonds. The summed E-state index contributed by atoms with van der Waals surface area (Å²) >= 11 is 0. The minimum absolute atomic E-state index is 0.0160. The number of ether oxygens (including phenoxy) is 1. The Bertz CT molecular complexity index is 221. The topological polar surface area (TPSA) is 78.3 Å². The molecule has 0 saturated heterocycles. The van der Waals surface area contributed by atoms with Crippen molar-refractivity contribution in [2.75, 3.05) is 13.2 Å². The number of hydrogen-bond donors (Lipinski definition) is 2. The largest absolute Gasteiger partial charge is 0.373 e. The number of hydrogen-bond acceptors (Lipinski definition) is 3. The summed E-state index contributed by atoms with van der Waals surface area (Å²) in [4.78, 5) is 11.0. The van der Waals surface area contributed by atoms with Gasteiger partial charge in [-0.25, -0.2) is 8.78 Å². The third-order valence-electron chi connectivity index (χ3n) is 2.35. The normalized spacial score (nSPS) is 20.9. The van der Waals surface area contributed by atoms with Crippen molar-refractivity contribution in [2.45, 2.75) is 24.8 Å². The van der Waals surface area contributed by atoms with E-state index in [9.17, 15) is 13.6 Å². The molecule has 0 aromatic rings. The molecule has 0 heterocycles. The van der Waals surface area contributed by atoms with Gasteiger partial charge in [-0.15, -0.1) is 0 Å². The molecule has 4 N–H and O–H groups in total. The van der Waals surface area contributed by atoms with Gasteiger partial charge in [0.05, 0.1) is 6.61 Å². The highest BCUT2D eigenvalue weighted by atomic mass is 19.3. The predicted octanol–water partition coefficient (Wildman–Crippen LogP) is -0.139. The van der Waals surface area contributed by atoms with Gasteiger partial charge in [-0.1, -0.05) is 0 Å². The van der Waals surface area contributed by atoms with Crippen LogP contribution in [-0.2, 0) is 9.53 Å². The Morgan fingerprint density at radius 1 is 1.57 bits per heavy atom. The monoisotopic (exact) mass is 208 g/mol. The van der Waals surface area contributed by atoms with Crippen LogP contribution in [0.15, 0.2) is 0 Å². The van der Waals surface area contributed by atoms with Crippen molar-refractivity contribution in [2.24, 2.45) is 17.4 Å². The molecule has 1 aliphatic rings. The van der Waals surface area contributed by atoms with Gasteiger partial charge in [0.2, 0.25) is 5.91 Å². The zero-order valence-corrected chi connectivity index (χ0v) is 7.71. The van der Waals surface area contributed by atoms with Crippen LogP contribution in [0.4, 0.5) is 8.78 Å². The molecule has 0 spiro atoms. The Morgan fingerprint density at radius 3 is 2.50 bits per heavy atom. The number of amides is 1. The number of halogens is 2. The Hall–Kier alpha value is -0.750. The number of alkyl halides is 2. The lowest BCUT2D eigenvalue weighted by Gasteiger charge is -2.25. The smallest absolute Gasteiger partial charge is 0.261 e. The molecular weight excluding hydrogens is 194 g/mol. The quantitative estimate of drug-likeness (QED) is 0.637. The van der Waals surface area contributed by atoms with E-state index in [1.54, 1.807) is 0 Å². The van der Waals surface area contributed by atoms with Crippen LogP contribution >= 0.6 is 0 Å². The van der Waals surface area contributed by atoms with Crippen molar-refractivity contribution >= 4 is 5.91 Å². The molecular formula is C8H14F2N2O2. The molecule has 4 nitrogen and oxygen atoms in total. The van der Waals surface area contributed by atoms with E-state index >= 15 is 0 Å². The van der Waals surface area contributed by atoms with Gasteiger partial charge in [0.15, 0.2) is 0 Å². The number of carbonyl (C=O) groups is 1. The first kappa shape index (κ1) is 11.3. The third kappa shape index (κ3) is 2.62. The molecule has 6 heteroatoms. The SMILES string of the molecule is NC(=O)C(N)(COCC(F)F)C1CC1. The average Bonchev–Trinajstić information content (AvgIpc) is 2.84. The van der Waals surface area contributed by atoms with Gasteiger partial charge in [-0.2, -0.15) is 0 Å². The summed E-state index contributed by atoms with van der Waals surface area (Å²) in [6.07, 6.45) is -0.944. The molecule has 1 fully saturated rings. The van der Waals surface area contributed by atoms with E-state index in [-0.39, 0.29) is 12.5 Å². The van der Waals surface area contributed by atoms with Crippen LogP contribution in [0.2, 0.25) is 0 Å². The second-order valence-electron chi connectivity index (χ2n) is 3.59. The van der Waals surface area contributed by atoms with Crippen LogP contribution in [0.3, 0.4) is 0 Å². The molecule has 0 aromatic heterocycles. The lowest BCUT2D eigenvalue weighted by Crippen LogP contribution is -2.57. The highest BCUT2D eigenvalue weighted by Gasteiger charge is 2.47. The first-order chi connectivity index (χ1) is 6.47.